The molecule has 1 amide bonds. The van der Waals surface area contributed by atoms with Crippen LogP contribution in [0.5, 0.6) is 0 Å². The quantitative estimate of drug-likeness (QED) is 0.658. The van der Waals surface area contributed by atoms with Gasteiger partial charge in [-0.05, 0) is 19.1 Å². The van der Waals surface area contributed by atoms with Crippen LogP contribution in [0.4, 0.5) is 0 Å². The lowest BCUT2D eigenvalue weighted by Gasteiger charge is -2.14. The average Bonchev–Trinajstić information content (AvgIpc) is 2.64. The predicted molar refractivity (Wildman–Crippen MR) is 55.9 cm³/mol. The molecule has 1 aromatic heterocycles. The van der Waals surface area contributed by atoms with Gasteiger partial charge < -0.3 is 9.47 Å². The third-order valence-corrected chi connectivity index (χ3v) is 2.06. The molecule has 1 aromatic rings. The topological polar surface area (TPSA) is 25.2 Å². The van der Waals surface area contributed by atoms with E-state index in [0.29, 0.717) is 12.2 Å². The van der Waals surface area contributed by atoms with E-state index >= 15 is 0 Å². The molecule has 74 valence electrons. The Labute approximate surface area is 84.3 Å². The van der Waals surface area contributed by atoms with Gasteiger partial charge in [0.1, 0.15) is 5.69 Å². The summed E-state index contributed by atoms with van der Waals surface area (Å²) in [6, 6.07) is 3.67. The Morgan fingerprint density at radius 1 is 1.71 bits per heavy atom. The van der Waals surface area contributed by atoms with Crippen LogP contribution in [-0.2, 0) is 6.54 Å². The third-order valence-electron chi connectivity index (χ3n) is 2.06. The van der Waals surface area contributed by atoms with Crippen LogP contribution in [0.25, 0.3) is 0 Å². The van der Waals surface area contributed by atoms with Gasteiger partial charge in [0.2, 0.25) is 0 Å². The van der Waals surface area contributed by atoms with Crippen molar-refractivity contribution in [1.82, 2.24) is 9.47 Å². The Kier molecular flexibility index (Phi) is 3.35. The first-order valence-electron chi connectivity index (χ1n) is 4.54. The van der Waals surface area contributed by atoms with Gasteiger partial charge in [0.15, 0.2) is 0 Å². The van der Waals surface area contributed by atoms with Crippen molar-refractivity contribution in [1.29, 1.82) is 0 Å². The van der Waals surface area contributed by atoms with Crippen molar-refractivity contribution in [3.63, 3.8) is 0 Å². The summed E-state index contributed by atoms with van der Waals surface area (Å²) in [5.74, 6) is 2.41. The van der Waals surface area contributed by atoms with E-state index < -0.39 is 0 Å². The van der Waals surface area contributed by atoms with Crippen LogP contribution in [0, 0.1) is 12.3 Å². The molecule has 0 aromatic carbocycles. The lowest BCUT2D eigenvalue weighted by Crippen LogP contribution is -2.28. The molecule has 0 unspecified atom stereocenters. The van der Waals surface area contributed by atoms with Gasteiger partial charge >= 0.3 is 0 Å². The van der Waals surface area contributed by atoms with Crippen molar-refractivity contribution in [2.75, 3.05) is 13.6 Å². The zero-order chi connectivity index (χ0) is 10.6. The van der Waals surface area contributed by atoms with Crippen molar-refractivity contribution < 1.29 is 4.79 Å². The number of terminal acetylenes is 1. The maximum absolute atomic E-state index is 11.8. The Balaban J connectivity index is 2.84. The summed E-state index contributed by atoms with van der Waals surface area (Å²) in [7, 11) is 1.70. The molecule has 0 radical (unpaired) electrons. The zero-order valence-electron chi connectivity index (χ0n) is 8.53. The highest BCUT2D eigenvalue weighted by atomic mass is 16.2. The van der Waals surface area contributed by atoms with Crippen molar-refractivity contribution in [2.45, 2.75) is 13.5 Å². The average molecular weight is 190 g/mol. The fraction of sp³-hybridized carbons (Fsp3) is 0.364. The summed E-state index contributed by atoms with van der Waals surface area (Å²) < 4.78 is 1.90. The summed E-state index contributed by atoms with van der Waals surface area (Å²) in [4.78, 5) is 13.3. The zero-order valence-corrected chi connectivity index (χ0v) is 8.53. The van der Waals surface area contributed by atoms with E-state index in [1.165, 1.54) is 4.90 Å². The second kappa shape index (κ2) is 4.52. The molecule has 3 nitrogen and oxygen atoms in total. The summed E-state index contributed by atoms with van der Waals surface area (Å²) >= 11 is 0. The molecule has 1 rings (SSSR count). The fourth-order valence-corrected chi connectivity index (χ4v) is 1.29. The summed E-state index contributed by atoms with van der Waals surface area (Å²) in [5, 5.41) is 0. The molecular weight excluding hydrogens is 176 g/mol. The number of amides is 1. The van der Waals surface area contributed by atoms with Crippen LogP contribution in [0.3, 0.4) is 0 Å². The summed E-state index contributed by atoms with van der Waals surface area (Å²) in [5.41, 5.74) is 0.685. The van der Waals surface area contributed by atoms with Crippen LogP contribution in [0.2, 0.25) is 0 Å². The highest BCUT2D eigenvalue weighted by molar-refractivity contribution is 5.92. The van der Waals surface area contributed by atoms with Crippen molar-refractivity contribution >= 4 is 5.91 Å². The molecule has 0 N–H and O–H groups in total. The molecule has 0 aliphatic rings. The van der Waals surface area contributed by atoms with Gasteiger partial charge in [-0.3, -0.25) is 4.79 Å². The predicted octanol–water partition coefficient (Wildman–Crippen LogP) is 1.21. The lowest BCUT2D eigenvalue weighted by molar-refractivity contribution is 0.0802. The fourth-order valence-electron chi connectivity index (χ4n) is 1.29. The van der Waals surface area contributed by atoms with Gasteiger partial charge in [-0.2, -0.15) is 0 Å². The van der Waals surface area contributed by atoms with Gasteiger partial charge in [0.05, 0.1) is 6.54 Å². The van der Waals surface area contributed by atoms with Gasteiger partial charge in [-0.25, -0.2) is 0 Å². The number of hydrogen-bond acceptors (Lipinski definition) is 1. The third kappa shape index (κ3) is 1.97. The number of rotatable bonds is 3. The first kappa shape index (κ1) is 10.4. The molecule has 0 bridgehead atoms. The first-order valence-corrected chi connectivity index (χ1v) is 4.54. The van der Waals surface area contributed by atoms with Gasteiger partial charge in [-0.15, -0.1) is 6.42 Å². The number of carbonyl (C=O) groups excluding carboxylic acids is 1. The van der Waals surface area contributed by atoms with E-state index in [2.05, 4.69) is 5.92 Å². The van der Waals surface area contributed by atoms with Crippen molar-refractivity contribution in [2.24, 2.45) is 0 Å². The summed E-state index contributed by atoms with van der Waals surface area (Å²) in [6.07, 6.45) is 7.03. The second-order valence-electron chi connectivity index (χ2n) is 3.04. The van der Waals surface area contributed by atoms with Gasteiger partial charge in [0.25, 0.3) is 5.91 Å². The normalized spacial score (nSPS) is 9.50. The molecule has 0 saturated carbocycles. The Morgan fingerprint density at radius 2 is 2.43 bits per heavy atom. The molecule has 14 heavy (non-hydrogen) atoms. The van der Waals surface area contributed by atoms with Crippen LogP contribution in [0.1, 0.15) is 17.4 Å². The van der Waals surface area contributed by atoms with Crippen LogP contribution >= 0.6 is 0 Å². The van der Waals surface area contributed by atoms with Crippen LogP contribution in [0.15, 0.2) is 18.3 Å². The lowest BCUT2D eigenvalue weighted by atomic mass is 10.3. The maximum Gasteiger partial charge on any atom is 0.270 e. The van der Waals surface area contributed by atoms with E-state index in [4.69, 9.17) is 6.42 Å². The molecule has 0 aliphatic carbocycles. The molecule has 0 aliphatic heterocycles. The molecule has 3 heteroatoms. The van der Waals surface area contributed by atoms with E-state index in [1.54, 1.807) is 13.1 Å². The van der Waals surface area contributed by atoms with Crippen LogP contribution < -0.4 is 0 Å². The molecule has 0 saturated heterocycles. The Bertz CT molecular complexity index is 360. The van der Waals surface area contributed by atoms with Crippen molar-refractivity contribution in [3.8, 4) is 12.3 Å². The number of aromatic nitrogens is 1. The monoisotopic (exact) mass is 190 g/mol. The molecule has 1 heterocycles. The number of aryl methyl sites for hydroxylation is 1. The minimum atomic E-state index is -0.0326. The highest BCUT2D eigenvalue weighted by Gasteiger charge is 2.13. The first-order chi connectivity index (χ1) is 6.70. The number of hydrogen-bond donors (Lipinski definition) is 0. The maximum atomic E-state index is 11.8. The summed E-state index contributed by atoms with van der Waals surface area (Å²) in [6.45, 7) is 3.13. The highest BCUT2D eigenvalue weighted by Crippen LogP contribution is 2.05. The Hall–Kier alpha value is -1.69. The van der Waals surface area contributed by atoms with Crippen molar-refractivity contribution in [3.05, 3.63) is 24.0 Å². The molecular formula is C11H14N2O. The van der Waals surface area contributed by atoms with Crippen LogP contribution in [-0.4, -0.2) is 29.0 Å². The standard InChI is InChI=1S/C11H14N2O/c1-4-8-12(3)11(14)10-7-6-9-13(10)5-2/h1,6-7,9H,5,8H2,2-3H3. The van der Waals surface area contributed by atoms with Gasteiger partial charge in [-0.1, -0.05) is 5.92 Å². The molecule has 0 atom stereocenters. The van der Waals surface area contributed by atoms with E-state index in [9.17, 15) is 4.79 Å². The SMILES string of the molecule is C#CCN(C)C(=O)c1cccn1CC. The van der Waals surface area contributed by atoms with E-state index in [-0.39, 0.29) is 5.91 Å². The minimum absolute atomic E-state index is 0.0326. The largest absolute Gasteiger partial charge is 0.344 e. The second-order valence-corrected chi connectivity index (χ2v) is 3.04. The smallest absolute Gasteiger partial charge is 0.270 e. The number of carbonyl (C=O) groups is 1. The minimum Gasteiger partial charge on any atom is -0.344 e. The molecule has 0 fully saturated rings. The van der Waals surface area contributed by atoms with E-state index in [0.717, 1.165) is 6.54 Å². The Morgan fingerprint density at radius 3 is 3.00 bits per heavy atom. The number of nitrogens with zero attached hydrogens (tertiary/aromatic N) is 2. The molecule has 0 spiro atoms. The van der Waals surface area contributed by atoms with E-state index in [1.807, 2.05) is 23.8 Å². The van der Waals surface area contributed by atoms with Gasteiger partial charge in [0, 0.05) is 19.8 Å².